The van der Waals surface area contributed by atoms with Crippen molar-refractivity contribution in [2.75, 3.05) is 11.9 Å². The van der Waals surface area contributed by atoms with E-state index in [-0.39, 0.29) is 16.7 Å². The molecule has 0 bridgehead atoms. The van der Waals surface area contributed by atoms with Gasteiger partial charge in [0.1, 0.15) is 28.8 Å². The fourth-order valence-corrected chi connectivity index (χ4v) is 3.55. The molecule has 0 saturated carbocycles. The number of carbonyl (C=O) groups is 1. The number of nitrogens with one attached hydrogen (secondary N) is 2. The third-order valence-corrected chi connectivity index (χ3v) is 5.33. The van der Waals surface area contributed by atoms with Crippen LogP contribution >= 0.6 is 0 Å². The highest BCUT2D eigenvalue weighted by Gasteiger charge is 2.36. The summed E-state index contributed by atoms with van der Waals surface area (Å²) in [6, 6.07) is 3.95. The number of pyridine rings is 1. The molecule has 0 aliphatic rings. The van der Waals surface area contributed by atoms with Gasteiger partial charge in [-0.2, -0.15) is 18.2 Å². The number of nitrogens with zero attached hydrogens (tertiary/aromatic N) is 3. The van der Waals surface area contributed by atoms with E-state index < -0.39 is 77.3 Å². The van der Waals surface area contributed by atoms with E-state index in [1.165, 1.54) is 16.7 Å². The van der Waals surface area contributed by atoms with Crippen LogP contribution in [0.15, 0.2) is 53.7 Å². The highest BCUT2D eigenvalue weighted by molar-refractivity contribution is 5.89. The summed E-state index contributed by atoms with van der Waals surface area (Å²) in [5.74, 6) is -4.66. The molecule has 40 heavy (non-hydrogen) atoms. The molecule has 0 radical (unpaired) electrons. The van der Waals surface area contributed by atoms with Gasteiger partial charge in [0.05, 0.1) is 42.2 Å². The number of carbonyl (C=O) groups excluding carboxylic acids is 1. The molecule has 2 amide bonds. The van der Waals surface area contributed by atoms with Gasteiger partial charge in [0.2, 0.25) is 5.88 Å². The first-order valence-electron chi connectivity index (χ1n) is 11.1. The van der Waals surface area contributed by atoms with Gasteiger partial charge in [-0.25, -0.2) is 22.9 Å². The Bertz CT molecular complexity index is 1620. The molecule has 0 saturated heterocycles. The molecule has 2 aromatic carbocycles. The van der Waals surface area contributed by atoms with Crippen molar-refractivity contribution in [3.63, 3.8) is 0 Å². The van der Waals surface area contributed by atoms with Gasteiger partial charge in [-0.1, -0.05) is 0 Å². The lowest BCUT2D eigenvalue weighted by molar-refractivity contribution is -0.138. The van der Waals surface area contributed by atoms with Crippen LogP contribution in [0.1, 0.15) is 11.1 Å². The summed E-state index contributed by atoms with van der Waals surface area (Å²) in [5, 5.41) is 21.4. The number of hydrogen-bond donors (Lipinski definition) is 4. The van der Waals surface area contributed by atoms with E-state index in [9.17, 15) is 35.9 Å². The quantitative estimate of drug-likeness (QED) is 0.197. The van der Waals surface area contributed by atoms with Crippen LogP contribution < -0.4 is 20.9 Å². The number of aliphatic hydroxyl groups excluding tert-OH is 1. The molecule has 210 valence electrons. The van der Waals surface area contributed by atoms with Gasteiger partial charge in [-0.3, -0.25) is 4.79 Å². The monoisotopic (exact) mass is 569 g/mol. The number of benzene rings is 2. The van der Waals surface area contributed by atoms with E-state index in [0.717, 1.165) is 18.6 Å². The molecular weight excluding hydrogens is 552 g/mol. The first kappa shape index (κ1) is 28.3. The van der Waals surface area contributed by atoms with Crippen molar-refractivity contribution < 1.29 is 46.1 Å². The predicted octanol–water partition coefficient (Wildman–Crippen LogP) is 3.50. The van der Waals surface area contributed by atoms with Crippen LogP contribution in [-0.2, 0) is 12.7 Å². The Hall–Kier alpha value is -4.70. The van der Waals surface area contributed by atoms with E-state index >= 15 is 0 Å². The number of aliphatic hydroxyl groups is 2. The topological polar surface area (TPSA) is 139 Å². The third kappa shape index (κ3) is 6.47. The zero-order valence-electron chi connectivity index (χ0n) is 19.8. The second-order valence-corrected chi connectivity index (χ2v) is 8.20. The van der Waals surface area contributed by atoms with Crippen molar-refractivity contribution in [2.45, 2.75) is 19.0 Å². The Morgan fingerprint density at radius 3 is 2.40 bits per heavy atom. The first-order valence-corrected chi connectivity index (χ1v) is 11.1. The molecule has 4 N–H and O–H groups in total. The minimum Gasteiger partial charge on any atom is -0.438 e. The summed E-state index contributed by atoms with van der Waals surface area (Å²) >= 11 is 0. The Morgan fingerprint density at radius 1 is 1.05 bits per heavy atom. The van der Waals surface area contributed by atoms with Gasteiger partial charge in [0.15, 0.2) is 6.29 Å². The third-order valence-electron chi connectivity index (χ3n) is 5.33. The number of halogens is 6. The zero-order chi connectivity index (χ0) is 29.2. The lowest BCUT2D eigenvalue weighted by Gasteiger charge is -2.16. The average molecular weight is 569 g/mol. The molecule has 0 spiro atoms. The molecule has 0 unspecified atom stereocenters. The van der Waals surface area contributed by atoms with Crippen molar-refractivity contribution in [3.8, 4) is 11.6 Å². The van der Waals surface area contributed by atoms with E-state index in [1.807, 2.05) is 5.32 Å². The zero-order valence-corrected chi connectivity index (χ0v) is 19.8. The van der Waals surface area contributed by atoms with E-state index in [4.69, 9.17) is 14.9 Å². The molecule has 0 atom stereocenters. The van der Waals surface area contributed by atoms with Crippen LogP contribution in [0.5, 0.6) is 11.6 Å². The van der Waals surface area contributed by atoms with Crippen molar-refractivity contribution in [1.82, 2.24) is 19.9 Å². The molecule has 16 heteroatoms. The molecule has 0 aliphatic heterocycles. The summed E-state index contributed by atoms with van der Waals surface area (Å²) in [6.07, 6.45) is -5.02. The normalized spacial score (nSPS) is 11.6. The van der Waals surface area contributed by atoms with Gasteiger partial charge >= 0.3 is 12.2 Å². The van der Waals surface area contributed by atoms with Crippen molar-refractivity contribution in [3.05, 3.63) is 87.9 Å². The molecule has 2 heterocycles. The van der Waals surface area contributed by atoms with Crippen LogP contribution in [0.4, 0.5) is 36.8 Å². The summed E-state index contributed by atoms with van der Waals surface area (Å²) in [4.78, 5) is 31.3. The summed E-state index contributed by atoms with van der Waals surface area (Å²) in [6.45, 7) is -1.07. The molecular formula is C24H17F6N5O5. The number of anilines is 1. The summed E-state index contributed by atoms with van der Waals surface area (Å²) < 4.78 is 89.2. The highest BCUT2D eigenvalue weighted by atomic mass is 19.4. The number of ether oxygens (including phenoxy) is 1. The molecule has 4 aromatic rings. The molecule has 4 rings (SSSR count). The van der Waals surface area contributed by atoms with Crippen LogP contribution in [0.2, 0.25) is 0 Å². The van der Waals surface area contributed by atoms with E-state index in [0.29, 0.717) is 18.2 Å². The fourth-order valence-electron chi connectivity index (χ4n) is 3.55. The number of amides is 2. The second kappa shape index (κ2) is 11.2. The summed E-state index contributed by atoms with van der Waals surface area (Å²) in [7, 11) is 0. The molecule has 10 nitrogen and oxygen atoms in total. The maximum absolute atomic E-state index is 14.1. The highest BCUT2D eigenvalue weighted by Crippen LogP contribution is 2.38. The van der Waals surface area contributed by atoms with Gasteiger partial charge in [0.25, 0.3) is 5.56 Å². The standard InChI is InChI=1S/C24H17F6N5O5/c25-11-3-17(26)15(18(27)4-11)9-35-10-33-21(38)14-6-13(1-2-19(14)35)40-22-16(24(28,29)30)5-12(7-31-22)34-23(39)32-8-20(36)37/h1-7,10,20,36-37H,8-9H2,(H2,32,34,39). The number of hydrogen-bond acceptors (Lipinski definition) is 7. The van der Waals surface area contributed by atoms with Gasteiger partial charge < -0.3 is 30.2 Å². The fraction of sp³-hybridized carbons (Fsp3) is 0.167. The van der Waals surface area contributed by atoms with E-state index in [2.05, 4.69) is 15.3 Å². The molecule has 2 aromatic heterocycles. The van der Waals surface area contributed by atoms with Crippen LogP contribution in [-0.4, -0.2) is 43.6 Å². The largest absolute Gasteiger partial charge is 0.438 e. The predicted molar refractivity (Wildman–Crippen MR) is 126 cm³/mol. The van der Waals surface area contributed by atoms with E-state index in [1.54, 1.807) is 0 Å². The SMILES string of the molecule is O=C(NCC(O)O)Nc1cnc(Oc2ccc3c(c2)c(=O)ncn3Cc2c(F)cc(F)cc2F)c(C(F)(F)F)c1. The van der Waals surface area contributed by atoms with Gasteiger partial charge in [-0.15, -0.1) is 0 Å². The maximum Gasteiger partial charge on any atom is 0.421 e. The van der Waals surface area contributed by atoms with Crippen LogP contribution in [0.3, 0.4) is 0 Å². The number of fused-ring (bicyclic) bond motifs is 1. The average Bonchev–Trinajstić information content (AvgIpc) is 2.86. The number of urea groups is 1. The van der Waals surface area contributed by atoms with Crippen LogP contribution in [0, 0.1) is 17.5 Å². The van der Waals surface area contributed by atoms with Gasteiger partial charge in [-0.05, 0) is 24.3 Å². The minimum atomic E-state index is -4.99. The second-order valence-electron chi connectivity index (χ2n) is 8.20. The lowest BCUT2D eigenvalue weighted by atomic mass is 10.1. The van der Waals surface area contributed by atoms with Crippen molar-refractivity contribution in [2.24, 2.45) is 0 Å². The van der Waals surface area contributed by atoms with Gasteiger partial charge in [0, 0.05) is 17.7 Å². The van der Waals surface area contributed by atoms with Crippen molar-refractivity contribution >= 4 is 22.6 Å². The number of aromatic nitrogens is 3. The Morgan fingerprint density at radius 2 is 1.75 bits per heavy atom. The lowest BCUT2D eigenvalue weighted by Crippen LogP contribution is -2.35. The minimum absolute atomic E-state index is 0.0954. The molecule has 0 fully saturated rings. The Balaban J connectivity index is 1.64. The smallest absolute Gasteiger partial charge is 0.421 e. The van der Waals surface area contributed by atoms with Crippen molar-refractivity contribution in [1.29, 1.82) is 0 Å². The first-order chi connectivity index (χ1) is 18.8. The summed E-state index contributed by atoms with van der Waals surface area (Å²) in [5.41, 5.74) is -3.02. The van der Waals surface area contributed by atoms with Crippen LogP contribution in [0.25, 0.3) is 10.9 Å². The maximum atomic E-state index is 14.1. The number of alkyl halides is 3. The number of rotatable bonds is 7. The Labute approximate surface area is 219 Å². The molecule has 0 aliphatic carbocycles. The Kier molecular flexibility index (Phi) is 7.92.